The van der Waals surface area contributed by atoms with Gasteiger partial charge in [-0.05, 0) is 23.3 Å². The van der Waals surface area contributed by atoms with Gasteiger partial charge >= 0.3 is 0 Å². The van der Waals surface area contributed by atoms with Crippen molar-refractivity contribution < 1.29 is 4.79 Å². The van der Waals surface area contributed by atoms with Gasteiger partial charge in [0.05, 0.1) is 5.75 Å². The predicted octanol–water partition coefficient (Wildman–Crippen LogP) is 3.98. The minimum absolute atomic E-state index is 0.0614. The normalized spacial score (nSPS) is 10.4. The second-order valence-corrected chi connectivity index (χ2v) is 7.10. The fourth-order valence-electron chi connectivity index (χ4n) is 2.07. The highest BCUT2D eigenvalue weighted by Gasteiger charge is 2.08. The molecule has 0 aliphatic rings. The first-order chi connectivity index (χ1) is 11.7. The molecule has 0 unspecified atom stereocenters. The van der Waals surface area contributed by atoms with Crippen molar-refractivity contribution >= 4 is 39.8 Å². The quantitative estimate of drug-likeness (QED) is 0.654. The van der Waals surface area contributed by atoms with E-state index in [4.69, 9.17) is 0 Å². The van der Waals surface area contributed by atoms with Gasteiger partial charge in [-0.3, -0.25) is 4.79 Å². The molecule has 24 heavy (non-hydrogen) atoms. The number of carbonyl (C=O) groups is 1. The van der Waals surface area contributed by atoms with Gasteiger partial charge in [0.1, 0.15) is 0 Å². The fraction of sp³-hybridized carbons (Fsp3) is 0.118. The molecule has 0 aliphatic heterocycles. The Hall–Kier alpha value is -2.38. The summed E-state index contributed by atoms with van der Waals surface area (Å²) in [6.45, 7) is 0. The molecule has 0 atom stereocenters. The lowest BCUT2D eigenvalue weighted by Crippen LogP contribution is -2.13. The van der Waals surface area contributed by atoms with Crippen molar-refractivity contribution in [2.45, 2.75) is 4.34 Å². The van der Waals surface area contributed by atoms with Gasteiger partial charge in [-0.15, -0.1) is 10.2 Å². The maximum absolute atomic E-state index is 12.0. The van der Waals surface area contributed by atoms with Crippen LogP contribution < -0.4 is 10.6 Å². The molecule has 0 spiro atoms. The molecule has 1 aromatic heterocycles. The van der Waals surface area contributed by atoms with Crippen LogP contribution in [0.4, 0.5) is 10.8 Å². The number of anilines is 2. The zero-order chi connectivity index (χ0) is 16.8. The van der Waals surface area contributed by atoms with Gasteiger partial charge in [0.25, 0.3) is 0 Å². The van der Waals surface area contributed by atoms with Gasteiger partial charge in [0.15, 0.2) is 4.34 Å². The van der Waals surface area contributed by atoms with Crippen molar-refractivity contribution in [1.82, 2.24) is 10.2 Å². The lowest BCUT2D eigenvalue weighted by atomic mass is 10.1. The van der Waals surface area contributed by atoms with E-state index in [1.54, 1.807) is 7.05 Å². The van der Waals surface area contributed by atoms with Crippen molar-refractivity contribution in [1.29, 1.82) is 0 Å². The maximum atomic E-state index is 12.0. The van der Waals surface area contributed by atoms with Crippen molar-refractivity contribution in [3.63, 3.8) is 0 Å². The molecule has 3 rings (SSSR count). The highest BCUT2D eigenvalue weighted by molar-refractivity contribution is 8.01. The smallest absolute Gasteiger partial charge is 0.234 e. The summed E-state index contributed by atoms with van der Waals surface area (Å²) in [5.41, 5.74) is 3.06. The van der Waals surface area contributed by atoms with Crippen molar-refractivity contribution in [2.75, 3.05) is 23.4 Å². The number of carbonyl (C=O) groups excluding carboxylic acids is 1. The number of hydrogen-bond acceptors (Lipinski definition) is 6. The number of nitrogens with one attached hydrogen (secondary N) is 2. The molecule has 2 N–H and O–H groups in total. The van der Waals surface area contributed by atoms with Gasteiger partial charge in [-0.25, -0.2) is 0 Å². The van der Waals surface area contributed by atoms with Crippen molar-refractivity contribution in [3.05, 3.63) is 54.6 Å². The van der Waals surface area contributed by atoms with E-state index in [1.165, 1.54) is 23.1 Å². The Morgan fingerprint density at radius 1 is 1.04 bits per heavy atom. The Bertz CT molecular complexity index is 803. The average molecular weight is 356 g/mol. The second kappa shape index (κ2) is 7.94. The largest absolute Gasteiger partial charge is 0.363 e. The summed E-state index contributed by atoms with van der Waals surface area (Å²) in [6, 6.07) is 18.0. The highest BCUT2D eigenvalue weighted by Crippen LogP contribution is 2.25. The predicted molar refractivity (Wildman–Crippen MR) is 101 cm³/mol. The molecule has 0 aliphatic carbocycles. The number of benzene rings is 2. The van der Waals surface area contributed by atoms with Crippen LogP contribution in [0.3, 0.4) is 0 Å². The van der Waals surface area contributed by atoms with Crippen LogP contribution in [0.15, 0.2) is 58.9 Å². The molecule has 2 aromatic carbocycles. The summed E-state index contributed by atoms with van der Waals surface area (Å²) >= 11 is 2.81. The van der Waals surface area contributed by atoms with Crippen molar-refractivity contribution in [2.24, 2.45) is 0 Å². The number of rotatable bonds is 6. The van der Waals surface area contributed by atoms with Crippen LogP contribution in [0.25, 0.3) is 11.1 Å². The van der Waals surface area contributed by atoms with E-state index >= 15 is 0 Å². The van der Waals surface area contributed by atoms with Crippen molar-refractivity contribution in [3.8, 4) is 11.1 Å². The third-order valence-corrected chi connectivity index (χ3v) is 5.30. The van der Waals surface area contributed by atoms with Crippen LogP contribution in [0, 0.1) is 0 Å². The Labute approximate surface area is 148 Å². The molecular weight excluding hydrogens is 340 g/mol. The molecular formula is C17H16N4OS2. The van der Waals surface area contributed by atoms with E-state index in [0.717, 1.165) is 26.3 Å². The molecule has 1 heterocycles. The summed E-state index contributed by atoms with van der Waals surface area (Å²) in [5, 5.41) is 14.5. The van der Waals surface area contributed by atoms with E-state index in [1.807, 2.05) is 42.5 Å². The first-order valence-corrected chi connectivity index (χ1v) is 9.14. The number of nitrogens with zero attached hydrogens (tertiary/aromatic N) is 2. The van der Waals surface area contributed by atoms with E-state index in [0.29, 0.717) is 5.75 Å². The van der Waals surface area contributed by atoms with Crippen LogP contribution >= 0.6 is 23.1 Å². The summed E-state index contributed by atoms with van der Waals surface area (Å²) in [7, 11) is 1.79. The lowest BCUT2D eigenvalue weighted by Gasteiger charge is -2.06. The Morgan fingerprint density at radius 3 is 2.42 bits per heavy atom. The van der Waals surface area contributed by atoms with Gasteiger partial charge in [0, 0.05) is 12.7 Å². The van der Waals surface area contributed by atoms with Gasteiger partial charge < -0.3 is 10.6 Å². The monoisotopic (exact) mass is 356 g/mol. The number of thioether (sulfide) groups is 1. The fourth-order valence-corrected chi connectivity index (χ4v) is 3.58. The molecule has 1 amide bonds. The Kier molecular flexibility index (Phi) is 5.45. The van der Waals surface area contributed by atoms with Crippen LogP contribution in [0.1, 0.15) is 0 Å². The average Bonchev–Trinajstić information content (AvgIpc) is 3.10. The first kappa shape index (κ1) is 16.5. The molecule has 122 valence electrons. The summed E-state index contributed by atoms with van der Waals surface area (Å²) in [4.78, 5) is 12.0. The van der Waals surface area contributed by atoms with E-state index in [-0.39, 0.29) is 5.91 Å². The number of hydrogen-bond donors (Lipinski definition) is 2. The number of aromatic nitrogens is 2. The summed E-state index contributed by atoms with van der Waals surface area (Å²) in [6.07, 6.45) is 0. The molecule has 0 radical (unpaired) electrons. The molecule has 3 aromatic rings. The van der Waals surface area contributed by atoms with Crippen LogP contribution in [0.5, 0.6) is 0 Å². The summed E-state index contributed by atoms with van der Waals surface area (Å²) < 4.78 is 0.772. The zero-order valence-corrected chi connectivity index (χ0v) is 14.7. The highest BCUT2D eigenvalue weighted by atomic mass is 32.2. The third-order valence-electron chi connectivity index (χ3n) is 3.22. The standard InChI is InChI=1S/C17H16N4OS2/c1-18-16-20-21-17(24-16)23-11-15(22)19-14-9-7-13(8-10-14)12-5-3-2-4-6-12/h2-10H,11H2,1H3,(H,18,20)(H,19,22). The minimum atomic E-state index is -0.0614. The molecule has 0 fully saturated rings. The van der Waals surface area contributed by atoms with E-state index < -0.39 is 0 Å². The Balaban J connectivity index is 1.54. The van der Waals surface area contributed by atoms with Crippen LogP contribution in [-0.4, -0.2) is 28.9 Å². The van der Waals surface area contributed by atoms with Crippen LogP contribution in [-0.2, 0) is 4.79 Å². The molecule has 5 nitrogen and oxygen atoms in total. The van der Waals surface area contributed by atoms with Gasteiger partial charge in [-0.2, -0.15) is 0 Å². The van der Waals surface area contributed by atoms with Gasteiger partial charge in [0.2, 0.25) is 11.0 Å². The third kappa shape index (κ3) is 4.33. The zero-order valence-electron chi connectivity index (χ0n) is 13.0. The van der Waals surface area contributed by atoms with E-state index in [9.17, 15) is 4.79 Å². The topological polar surface area (TPSA) is 66.9 Å². The molecule has 0 saturated carbocycles. The molecule has 7 heteroatoms. The van der Waals surface area contributed by atoms with E-state index in [2.05, 4.69) is 33.0 Å². The lowest BCUT2D eigenvalue weighted by molar-refractivity contribution is -0.113. The SMILES string of the molecule is CNc1nnc(SCC(=O)Nc2ccc(-c3ccccc3)cc2)s1. The maximum Gasteiger partial charge on any atom is 0.234 e. The van der Waals surface area contributed by atoms with Crippen LogP contribution in [0.2, 0.25) is 0 Å². The minimum Gasteiger partial charge on any atom is -0.363 e. The van der Waals surface area contributed by atoms with Gasteiger partial charge in [-0.1, -0.05) is 65.6 Å². The first-order valence-electron chi connectivity index (χ1n) is 7.34. The second-order valence-electron chi connectivity index (χ2n) is 4.90. The summed E-state index contributed by atoms with van der Waals surface area (Å²) in [5.74, 6) is 0.243. The Morgan fingerprint density at radius 2 is 1.75 bits per heavy atom. The molecule has 0 saturated heterocycles. The molecule has 0 bridgehead atoms. The number of amides is 1.